The Hall–Kier alpha value is -0.930. The predicted octanol–water partition coefficient (Wildman–Crippen LogP) is 2.86. The molecule has 2 N–H and O–H groups in total. The summed E-state index contributed by atoms with van der Waals surface area (Å²) in [5, 5.41) is 13.1. The molecule has 0 aliphatic heterocycles. The molecule has 0 bridgehead atoms. The number of hydrogen-bond donors (Lipinski definition) is 2. The molecule has 2 rings (SSSR count). The standard InChI is InChI=1S/C15H22FNO/c1-12-5-7-15(11-18,8-6-12)17-10-13-3-2-4-14(16)9-13/h2-4,9,12,17-18H,5-8,10-11H2,1H3. The molecule has 1 aliphatic rings. The Morgan fingerprint density at radius 1 is 1.39 bits per heavy atom. The highest BCUT2D eigenvalue weighted by atomic mass is 19.1. The highest BCUT2D eigenvalue weighted by molar-refractivity contribution is 5.16. The van der Waals surface area contributed by atoms with Gasteiger partial charge in [0.15, 0.2) is 0 Å². The molecule has 0 saturated heterocycles. The summed E-state index contributed by atoms with van der Waals surface area (Å²) < 4.78 is 13.1. The van der Waals surface area contributed by atoms with Crippen LogP contribution in [0.2, 0.25) is 0 Å². The lowest BCUT2D eigenvalue weighted by Crippen LogP contribution is -2.50. The third kappa shape index (κ3) is 3.30. The number of rotatable bonds is 4. The number of halogens is 1. The Balaban J connectivity index is 1.95. The van der Waals surface area contributed by atoms with Crippen LogP contribution >= 0.6 is 0 Å². The minimum Gasteiger partial charge on any atom is -0.394 e. The normalized spacial score (nSPS) is 28.3. The van der Waals surface area contributed by atoms with E-state index in [9.17, 15) is 9.50 Å². The summed E-state index contributed by atoms with van der Waals surface area (Å²) in [6, 6.07) is 6.63. The molecule has 2 nitrogen and oxygen atoms in total. The van der Waals surface area contributed by atoms with Gasteiger partial charge in [0.1, 0.15) is 5.82 Å². The Morgan fingerprint density at radius 2 is 2.11 bits per heavy atom. The second-order valence-corrected chi connectivity index (χ2v) is 5.60. The Bertz CT molecular complexity index is 386. The van der Waals surface area contributed by atoms with E-state index in [-0.39, 0.29) is 18.0 Å². The third-order valence-corrected chi connectivity index (χ3v) is 4.09. The predicted molar refractivity (Wildman–Crippen MR) is 70.7 cm³/mol. The van der Waals surface area contributed by atoms with Crippen molar-refractivity contribution in [3.8, 4) is 0 Å². The summed E-state index contributed by atoms with van der Waals surface area (Å²) in [5.74, 6) is 0.547. The SMILES string of the molecule is CC1CCC(CO)(NCc2cccc(F)c2)CC1. The summed E-state index contributed by atoms with van der Waals surface area (Å²) in [4.78, 5) is 0. The largest absolute Gasteiger partial charge is 0.394 e. The summed E-state index contributed by atoms with van der Waals surface area (Å²) in [6.07, 6.45) is 4.30. The average Bonchev–Trinajstić information content (AvgIpc) is 2.39. The van der Waals surface area contributed by atoms with Crippen LogP contribution in [0, 0.1) is 11.7 Å². The van der Waals surface area contributed by atoms with Crippen molar-refractivity contribution in [1.82, 2.24) is 5.32 Å². The van der Waals surface area contributed by atoms with Gasteiger partial charge in [0.05, 0.1) is 6.61 Å². The Morgan fingerprint density at radius 3 is 2.72 bits per heavy atom. The summed E-state index contributed by atoms with van der Waals surface area (Å²) in [7, 11) is 0. The van der Waals surface area contributed by atoms with E-state index >= 15 is 0 Å². The van der Waals surface area contributed by atoms with Crippen molar-refractivity contribution < 1.29 is 9.50 Å². The Kier molecular flexibility index (Phi) is 4.36. The van der Waals surface area contributed by atoms with Crippen LogP contribution in [-0.2, 0) is 6.54 Å². The van der Waals surface area contributed by atoms with E-state index in [0.717, 1.165) is 37.2 Å². The van der Waals surface area contributed by atoms with Gasteiger partial charge in [-0.25, -0.2) is 4.39 Å². The van der Waals surface area contributed by atoms with Crippen LogP contribution in [0.15, 0.2) is 24.3 Å². The van der Waals surface area contributed by atoms with E-state index in [4.69, 9.17) is 0 Å². The first kappa shape index (κ1) is 13.5. The molecule has 0 atom stereocenters. The van der Waals surface area contributed by atoms with Crippen molar-refractivity contribution in [2.45, 2.75) is 44.7 Å². The Labute approximate surface area is 108 Å². The van der Waals surface area contributed by atoms with Crippen molar-refractivity contribution in [3.63, 3.8) is 0 Å². The van der Waals surface area contributed by atoms with Crippen LogP contribution in [0.4, 0.5) is 4.39 Å². The van der Waals surface area contributed by atoms with E-state index in [1.165, 1.54) is 6.07 Å². The fraction of sp³-hybridized carbons (Fsp3) is 0.600. The lowest BCUT2D eigenvalue weighted by atomic mass is 9.77. The van der Waals surface area contributed by atoms with Gasteiger partial charge in [0.2, 0.25) is 0 Å². The van der Waals surface area contributed by atoms with Crippen LogP contribution in [-0.4, -0.2) is 17.3 Å². The monoisotopic (exact) mass is 251 g/mol. The lowest BCUT2D eigenvalue weighted by Gasteiger charge is -2.39. The maximum Gasteiger partial charge on any atom is 0.123 e. The van der Waals surface area contributed by atoms with Crippen LogP contribution in [0.1, 0.15) is 38.2 Å². The van der Waals surface area contributed by atoms with E-state index < -0.39 is 0 Å². The number of benzene rings is 1. The zero-order chi connectivity index (χ0) is 13.0. The molecule has 1 aromatic carbocycles. The molecule has 0 amide bonds. The molecule has 18 heavy (non-hydrogen) atoms. The van der Waals surface area contributed by atoms with Gasteiger partial charge in [-0.2, -0.15) is 0 Å². The second kappa shape index (κ2) is 5.81. The van der Waals surface area contributed by atoms with Crippen molar-refractivity contribution in [1.29, 1.82) is 0 Å². The zero-order valence-corrected chi connectivity index (χ0v) is 11.0. The maximum atomic E-state index is 13.1. The van der Waals surface area contributed by atoms with E-state index in [0.29, 0.717) is 6.54 Å². The van der Waals surface area contributed by atoms with Gasteiger partial charge in [-0.1, -0.05) is 19.1 Å². The molecule has 100 valence electrons. The van der Waals surface area contributed by atoms with Crippen molar-refractivity contribution in [2.24, 2.45) is 5.92 Å². The number of hydrogen-bond acceptors (Lipinski definition) is 2. The molecule has 0 heterocycles. The van der Waals surface area contributed by atoms with E-state index in [1.807, 2.05) is 6.07 Å². The molecule has 1 saturated carbocycles. The molecule has 1 fully saturated rings. The van der Waals surface area contributed by atoms with Crippen LogP contribution in [0.5, 0.6) is 0 Å². The van der Waals surface area contributed by atoms with Gasteiger partial charge in [-0.3, -0.25) is 0 Å². The number of aliphatic hydroxyl groups excluding tert-OH is 1. The first-order chi connectivity index (χ1) is 8.63. The summed E-state index contributed by atoms with van der Waals surface area (Å²) >= 11 is 0. The molecule has 1 aromatic rings. The highest BCUT2D eigenvalue weighted by Gasteiger charge is 2.32. The minimum absolute atomic E-state index is 0.162. The molecule has 0 radical (unpaired) electrons. The fourth-order valence-electron chi connectivity index (χ4n) is 2.64. The van der Waals surface area contributed by atoms with Crippen LogP contribution < -0.4 is 5.32 Å². The maximum absolute atomic E-state index is 13.1. The molecular weight excluding hydrogens is 229 g/mol. The summed E-state index contributed by atoms with van der Waals surface area (Å²) in [6.45, 7) is 3.04. The van der Waals surface area contributed by atoms with E-state index in [1.54, 1.807) is 12.1 Å². The molecular formula is C15H22FNO. The quantitative estimate of drug-likeness (QED) is 0.862. The topological polar surface area (TPSA) is 32.3 Å². The summed E-state index contributed by atoms with van der Waals surface area (Å²) in [5.41, 5.74) is 0.764. The fourth-order valence-corrected chi connectivity index (χ4v) is 2.64. The van der Waals surface area contributed by atoms with Crippen molar-refractivity contribution in [2.75, 3.05) is 6.61 Å². The van der Waals surface area contributed by atoms with E-state index in [2.05, 4.69) is 12.2 Å². The molecule has 0 aromatic heterocycles. The van der Waals surface area contributed by atoms with Gasteiger partial charge in [-0.05, 0) is 49.3 Å². The van der Waals surface area contributed by atoms with Gasteiger partial charge in [0, 0.05) is 12.1 Å². The molecule has 3 heteroatoms. The van der Waals surface area contributed by atoms with Crippen LogP contribution in [0.3, 0.4) is 0 Å². The smallest absolute Gasteiger partial charge is 0.123 e. The second-order valence-electron chi connectivity index (χ2n) is 5.60. The zero-order valence-electron chi connectivity index (χ0n) is 11.0. The number of aliphatic hydroxyl groups is 1. The first-order valence-corrected chi connectivity index (χ1v) is 6.74. The lowest BCUT2D eigenvalue weighted by molar-refractivity contribution is 0.104. The first-order valence-electron chi connectivity index (χ1n) is 6.74. The average molecular weight is 251 g/mol. The van der Waals surface area contributed by atoms with Gasteiger partial charge >= 0.3 is 0 Å². The molecule has 0 spiro atoms. The van der Waals surface area contributed by atoms with Gasteiger partial charge < -0.3 is 10.4 Å². The van der Waals surface area contributed by atoms with Gasteiger partial charge in [-0.15, -0.1) is 0 Å². The third-order valence-electron chi connectivity index (χ3n) is 4.09. The minimum atomic E-state index is -0.204. The molecule has 0 unspecified atom stereocenters. The van der Waals surface area contributed by atoms with Gasteiger partial charge in [0.25, 0.3) is 0 Å². The van der Waals surface area contributed by atoms with Crippen molar-refractivity contribution >= 4 is 0 Å². The molecule has 1 aliphatic carbocycles. The van der Waals surface area contributed by atoms with Crippen LogP contribution in [0.25, 0.3) is 0 Å². The highest BCUT2D eigenvalue weighted by Crippen LogP contribution is 2.31. The number of nitrogens with one attached hydrogen (secondary N) is 1. The van der Waals surface area contributed by atoms with Crippen molar-refractivity contribution in [3.05, 3.63) is 35.6 Å².